The number of hydrogen-bond donors (Lipinski definition) is 0. The van der Waals surface area contributed by atoms with Crippen molar-refractivity contribution in [1.29, 1.82) is 0 Å². The van der Waals surface area contributed by atoms with Gasteiger partial charge >= 0.3 is 6.61 Å². The molecule has 31 heavy (non-hydrogen) atoms. The van der Waals surface area contributed by atoms with Crippen LogP contribution in [0.1, 0.15) is 83.1 Å². The maximum atomic E-state index is 13.9. The Hall–Kier alpha value is -1.52. The van der Waals surface area contributed by atoms with Crippen LogP contribution in [0.3, 0.4) is 0 Å². The molecule has 1 aromatic rings. The van der Waals surface area contributed by atoms with Crippen LogP contribution in [0.15, 0.2) is 24.3 Å². The number of rotatable bonds is 9. The predicted molar refractivity (Wildman–Crippen MR) is 116 cm³/mol. The van der Waals surface area contributed by atoms with Crippen LogP contribution in [0.4, 0.5) is 17.6 Å². The Morgan fingerprint density at radius 2 is 1.39 bits per heavy atom. The van der Waals surface area contributed by atoms with Gasteiger partial charge in [-0.2, -0.15) is 8.78 Å². The van der Waals surface area contributed by atoms with E-state index >= 15 is 0 Å². The maximum absolute atomic E-state index is 13.9. The molecule has 2 aliphatic rings. The monoisotopic (exact) mass is 440 g/mol. The fourth-order valence-electron chi connectivity index (χ4n) is 5.72. The van der Waals surface area contributed by atoms with Crippen LogP contribution in [0.2, 0.25) is 0 Å². The molecule has 5 heteroatoms. The van der Waals surface area contributed by atoms with Crippen LogP contribution in [-0.4, -0.2) is 6.61 Å². The number of halogens is 4. The van der Waals surface area contributed by atoms with Crippen molar-refractivity contribution < 1.29 is 22.3 Å². The molecule has 0 bridgehead atoms. The Labute approximate surface area is 184 Å². The molecule has 0 aromatic heterocycles. The molecule has 1 nitrogen and oxygen atoms in total. The molecule has 2 fully saturated rings. The normalized spacial score (nSPS) is 27.2. The lowest BCUT2D eigenvalue weighted by Crippen LogP contribution is -2.26. The topological polar surface area (TPSA) is 9.23 Å². The molecule has 2 aliphatic carbocycles. The molecule has 0 heterocycles. The lowest BCUT2D eigenvalue weighted by atomic mass is 9.68. The molecule has 0 spiro atoms. The largest absolute Gasteiger partial charge is 0.429 e. The number of allylic oxidation sites excluding steroid dienone is 2. The standard InChI is InChI=1S/C26H36F4O/c1-2-3-4-5-18-8-12-21(13-9-18)22-14-10-19(11-15-22)6-7-20-16-23(27)25(24(28)17-20)31-26(29)30/h2-3,16-19,21-22,26H,4-15H2,1H3. The first-order chi connectivity index (χ1) is 15.0. The fraction of sp³-hybridized carbons (Fsp3) is 0.692. The number of aryl methyl sites for hydroxylation is 1. The number of alkyl halides is 2. The first-order valence-electron chi connectivity index (χ1n) is 12.0. The third-order valence-corrected chi connectivity index (χ3v) is 7.53. The minimum absolute atomic E-state index is 0.509. The van der Waals surface area contributed by atoms with Gasteiger partial charge in [0.1, 0.15) is 0 Å². The van der Waals surface area contributed by atoms with Crippen LogP contribution in [0.5, 0.6) is 5.75 Å². The van der Waals surface area contributed by atoms with Gasteiger partial charge in [-0.15, -0.1) is 0 Å². The highest BCUT2D eigenvalue weighted by molar-refractivity contribution is 5.31. The second-order valence-corrected chi connectivity index (χ2v) is 9.51. The quantitative estimate of drug-likeness (QED) is 0.276. The van der Waals surface area contributed by atoms with Crippen molar-refractivity contribution in [3.05, 3.63) is 41.5 Å². The van der Waals surface area contributed by atoms with Gasteiger partial charge in [0.25, 0.3) is 0 Å². The summed E-state index contributed by atoms with van der Waals surface area (Å²) >= 11 is 0. The van der Waals surface area contributed by atoms with Gasteiger partial charge in [-0.25, -0.2) is 8.78 Å². The summed E-state index contributed by atoms with van der Waals surface area (Å²) in [5, 5.41) is 0. The zero-order valence-corrected chi connectivity index (χ0v) is 18.6. The second-order valence-electron chi connectivity index (χ2n) is 9.51. The Morgan fingerprint density at radius 1 is 0.871 bits per heavy atom. The second kappa shape index (κ2) is 11.9. The number of benzene rings is 1. The molecular weight excluding hydrogens is 404 g/mol. The number of hydrogen-bond acceptors (Lipinski definition) is 1. The molecule has 0 saturated heterocycles. The van der Waals surface area contributed by atoms with E-state index in [1.165, 1.54) is 64.2 Å². The molecule has 2 saturated carbocycles. The third kappa shape index (κ3) is 7.25. The number of ether oxygens (including phenoxy) is 1. The smallest absolute Gasteiger partial charge is 0.387 e. The van der Waals surface area contributed by atoms with Crippen molar-refractivity contribution in [3.8, 4) is 5.75 Å². The summed E-state index contributed by atoms with van der Waals surface area (Å²) in [4.78, 5) is 0. The van der Waals surface area contributed by atoms with Crippen LogP contribution in [-0.2, 0) is 6.42 Å². The van der Waals surface area contributed by atoms with E-state index in [1.54, 1.807) is 0 Å². The van der Waals surface area contributed by atoms with E-state index < -0.39 is 24.0 Å². The van der Waals surface area contributed by atoms with Crippen molar-refractivity contribution in [3.63, 3.8) is 0 Å². The van der Waals surface area contributed by atoms with Crippen molar-refractivity contribution in [2.75, 3.05) is 0 Å². The highest BCUT2D eigenvalue weighted by atomic mass is 19.3. The lowest BCUT2D eigenvalue weighted by molar-refractivity contribution is -0.0546. The van der Waals surface area contributed by atoms with Gasteiger partial charge < -0.3 is 4.74 Å². The van der Waals surface area contributed by atoms with Crippen LogP contribution >= 0.6 is 0 Å². The molecule has 0 unspecified atom stereocenters. The first-order valence-corrected chi connectivity index (χ1v) is 12.0. The van der Waals surface area contributed by atoms with E-state index in [0.717, 1.165) is 36.3 Å². The molecule has 1 aromatic carbocycles. The Morgan fingerprint density at radius 3 is 1.87 bits per heavy atom. The highest BCUT2D eigenvalue weighted by Gasteiger charge is 2.30. The van der Waals surface area contributed by atoms with Gasteiger partial charge in [0.05, 0.1) is 0 Å². The lowest BCUT2D eigenvalue weighted by Gasteiger charge is -2.38. The van der Waals surface area contributed by atoms with E-state index in [4.69, 9.17) is 0 Å². The van der Waals surface area contributed by atoms with Gasteiger partial charge in [0, 0.05) is 0 Å². The summed E-state index contributed by atoms with van der Waals surface area (Å²) in [7, 11) is 0. The molecule has 0 radical (unpaired) electrons. The average molecular weight is 441 g/mol. The molecular formula is C26H36F4O. The summed E-state index contributed by atoms with van der Waals surface area (Å²) in [6.45, 7) is -1.15. The van der Waals surface area contributed by atoms with Crippen LogP contribution in [0.25, 0.3) is 0 Å². The third-order valence-electron chi connectivity index (χ3n) is 7.53. The molecule has 0 aliphatic heterocycles. The Bertz CT molecular complexity index is 678. The molecule has 0 atom stereocenters. The first kappa shape index (κ1) is 24.1. The van der Waals surface area contributed by atoms with Gasteiger partial charge in [-0.3, -0.25) is 0 Å². The highest BCUT2D eigenvalue weighted by Crippen LogP contribution is 2.43. The summed E-state index contributed by atoms with van der Waals surface area (Å²) < 4.78 is 56.3. The van der Waals surface area contributed by atoms with Gasteiger partial charge in [-0.05, 0) is 99.7 Å². The van der Waals surface area contributed by atoms with Gasteiger partial charge in [0.2, 0.25) is 0 Å². The van der Waals surface area contributed by atoms with Crippen LogP contribution in [0, 0.1) is 35.3 Å². The van der Waals surface area contributed by atoms with Crippen molar-refractivity contribution in [2.24, 2.45) is 23.7 Å². The molecule has 3 rings (SSSR count). The van der Waals surface area contributed by atoms with Crippen molar-refractivity contribution in [2.45, 2.75) is 90.6 Å². The summed E-state index contributed by atoms with van der Waals surface area (Å²) in [5.74, 6) is 0.105. The van der Waals surface area contributed by atoms with Crippen molar-refractivity contribution in [1.82, 2.24) is 0 Å². The van der Waals surface area contributed by atoms with E-state index in [9.17, 15) is 17.6 Å². The zero-order valence-electron chi connectivity index (χ0n) is 18.6. The van der Waals surface area contributed by atoms with Gasteiger partial charge in [0.15, 0.2) is 17.4 Å². The Kier molecular flexibility index (Phi) is 9.28. The zero-order chi connectivity index (χ0) is 22.2. The fourth-order valence-corrected chi connectivity index (χ4v) is 5.72. The summed E-state index contributed by atoms with van der Waals surface area (Å²) in [5.41, 5.74) is 0.509. The Balaban J connectivity index is 1.39. The molecule has 0 amide bonds. The minimum atomic E-state index is -3.24. The molecule has 0 N–H and O–H groups in total. The summed E-state index contributed by atoms with van der Waals surface area (Å²) in [6, 6.07) is 2.25. The van der Waals surface area contributed by atoms with Crippen LogP contribution < -0.4 is 4.74 Å². The average Bonchev–Trinajstić information content (AvgIpc) is 2.76. The van der Waals surface area contributed by atoms with E-state index in [-0.39, 0.29) is 0 Å². The van der Waals surface area contributed by atoms with Crippen molar-refractivity contribution >= 4 is 0 Å². The van der Waals surface area contributed by atoms with Gasteiger partial charge in [-0.1, -0.05) is 37.8 Å². The van der Waals surface area contributed by atoms with E-state index in [0.29, 0.717) is 17.9 Å². The van der Waals surface area contributed by atoms with E-state index in [1.807, 2.05) is 0 Å². The SMILES string of the molecule is CC=CCCC1CCC(C2CCC(CCc3cc(F)c(OC(F)F)c(F)c3)CC2)CC1. The predicted octanol–water partition coefficient (Wildman–Crippen LogP) is 8.47. The van der Waals surface area contributed by atoms with E-state index in [2.05, 4.69) is 23.8 Å². The maximum Gasteiger partial charge on any atom is 0.387 e. The minimum Gasteiger partial charge on any atom is -0.429 e. The summed E-state index contributed by atoms with van der Waals surface area (Å²) in [6.07, 6.45) is 18.8. The molecule has 174 valence electrons.